The van der Waals surface area contributed by atoms with Crippen molar-refractivity contribution in [3.63, 3.8) is 0 Å². The third-order valence-electron chi connectivity index (χ3n) is 4.34. The summed E-state index contributed by atoms with van der Waals surface area (Å²) in [5.41, 5.74) is 1.01. The molecule has 0 fully saturated rings. The van der Waals surface area contributed by atoms with Gasteiger partial charge >= 0.3 is 0 Å². The van der Waals surface area contributed by atoms with Crippen molar-refractivity contribution in [1.29, 1.82) is 0 Å². The lowest BCUT2D eigenvalue weighted by Gasteiger charge is -2.19. The SMILES string of the molecule is O=C(Nc1ccccc1F)[C@@H](NS(=O)(=O)c1cccc2nsnc12)c1ccccc1. The lowest BCUT2D eigenvalue weighted by atomic mass is 10.1. The van der Waals surface area contributed by atoms with Crippen molar-refractivity contribution in [2.45, 2.75) is 10.9 Å². The molecular formula is C20H15FN4O3S2. The maximum Gasteiger partial charge on any atom is 0.247 e. The van der Waals surface area contributed by atoms with Crippen molar-refractivity contribution in [3.8, 4) is 0 Å². The van der Waals surface area contributed by atoms with Crippen LogP contribution in [0, 0.1) is 5.82 Å². The molecule has 4 aromatic rings. The van der Waals surface area contributed by atoms with Crippen LogP contribution in [0.2, 0.25) is 0 Å². The van der Waals surface area contributed by atoms with Crippen molar-refractivity contribution in [2.75, 3.05) is 5.32 Å². The molecule has 0 aliphatic heterocycles. The summed E-state index contributed by atoms with van der Waals surface area (Å²) in [7, 11) is -4.15. The van der Waals surface area contributed by atoms with Crippen LogP contribution < -0.4 is 10.0 Å². The van der Waals surface area contributed by atoms with Gasteiger partial charge in [-0.05, 0) is 29.8 Å². The summed E-state index contributed by atoms with van der Waals surface area (Å²) in [6.45, 7) is 0. The first-order valence-electron chi connectivity index (χ1n) is 8.80. The molecular weight excluding hydrogens is 427 g/mol. The van der Waals surface area contributed by atoms with E-state index in [0.717, 1.165) is 11.7 Å². The Labute approximate surface area is 176 Å². The van der Waals surface area contributed by atoms with Gasteiger partial charge in [0.25, 0.3) is 0 Å². The topological polar surface area (TPSA) is 101 Å². The van der Waals surface area contributed by atoms with Gasteiger partial charge in [-0.2, -0.15) is 13.5 Å². The van der Waals surface area contributed by atoms with Crippen LogP contribution in [0.3, 0.4) is 0 Å². The smallest absolute Gasteiger partial charge is 0.247 e. The normalized spacial score (nSPS) is 12.6. The minimum atomic E-state index is -4.15. The van der Waals surface area contributed by atoms with Gasteiger partial charge in [0.2, 0.25) is 15.9 Å². The van der Waals surface area contributed by atoms with E-state index >= 15 is 0 Å². The Bertz CT molecular complexity index is 1310. The van der Waals surface area contributed by atoms with Crippen LogP contribution in [-0.2, 0) is 14.8 Å². The Morgan fingerprint density at radius 2 is 1.67 bits per heavy atom. The van der Waals surface area contributed by atoms with Crippen molar-refractivity contribution in [3.05, 3.63) is 84.2 Å². The minimum absolute atomic E-state index is 0.0477. The van der Waals surface area contributed by atoms with Gasteiger partial charge < -0.3 is 5.32 Å². The number of nitrogens with one attached hydrogen (secondary N) is 2. The molecule has 10 heteroatoms. The van der Waals surface area contributed by atoms with E-state index in [0.29, 0.717) is 11.1 Å². The molecule has 1 aromatic heterocycles. The van der Waals surface area contributed by atoms with E-state index in [1.165, 1.54) is 24.3 Å². The molecule has 1 heterocycles. The van der Waals surface area contributed by atoms with Gasteiger partial charge in [0.1, 0.15) is 27.8 Å². The molecule has 0 bridgehead atoms. The van der Waals surface area contributed by atoms with Crippen LogP contribution in [0.1, 0.15) is 11.6 Å². The number of hydrogen-bond acceptors (Lipinski definition) is 6. The number of anilines is 1. The number of para-hydroxylation sites is 1. The number of hydrogen-bond donors (Lipinski definition) is 2. The van der Waals surface area contributed by atoms with Crippen LogP contribution in [0.5, 0.6) is 0 Å². The molecule has 0 unspecified atom stereocenters. The Morgan fingerprint density at radius 3 is 2.43 bits per heavy atom. The van der Waals surface area contributed by atoms with Crippen molar-refractivity contribution < 1.29 is 17.6 Å². The van der Waals surface area contributed by atoms with E-state index in [-0.39, 0.29) is 16.1 Å². The first-order valence-corrected chi connectivity index (χ1v) is 11.0. The fourth-order valence-electron chi connectivity index (χ4n) is 2.90. The molecule has 0 radical (unpaired) electrons. The highest BCUT2D eigenvalue weighted by Gasteiger charge is 2.29. The molecule has 0 saturated heterocycles. The van der Waals surface area contributed by atoms with Crippen LogP contribution in [0.4, 0.5) is 10.1 Å². The van der Waals surface area contributed by atoms with Crippen LogP contribution in [0.15, 0.2) is 77.7 Å². The van der Waals surface area contributed by atoms with Gasteiger partial charge in [-0.3, -0.25) is 4.79 Å². The second kappa shape index (κ2) is 8.27. The Hall–Kier alpha value is -3.21. The summed E-state index contributed by atoms with van der Waals surface area (Å²) in [4.78, 5) is 12.9. The Balaban J connectivity index is 1.71. The van der Waals surface area contributed by atoms with E-state index in [9.17, 15) is 17.6 Å². The predicted octanol–water partition coefficient (Wildman–Crippen LogP) is 3.49. The molecule has 152 valence electrons. The number of carbonyl (C=O) groups is 1. The van der Waals surface area contributed by atoms with Crippen LogP contribution in [-0.4, -0.2) is 23.1 Å². The van der Waals surface area contributed by atoms with Gasteiger partial charge in [0.15, 0.2) is 0 Å². The van der Waals surface area contributed by atoms with E-state index in [2.05, 4.69) is 18.8 Å². The number of halogens is 1. The highest BCUT2D eigenvalue weighted by Crippen LogP contribution is 2.25. The number of amides is 1. The van der Waals surface area contributed by atoms with Crippen LogP contribution >= 0.6 is 11.7 Å². The lowest BCUT2D eigenvalue weighted by Crippen LogP contribution is -2.37. The minimum Gasteiger partial charge on any atom is -0.322 e. The molecule has 1 atom stereocenters. The first-order chi connectivity index (χ1) is 14.5. The highest BCUT2D eigenvalue weighted by molar-refractivity contribution is 7.89. The van der Waals surface area contributed by atoms with Crippen LogP contribution in [0.25, 0.3) is 11.0 Å². The van der Waals surface area contributed by atoms with Crippen molar-refractivity contribution >= 4 is 44.4 Å². The maximum atomic E-state index is 14.0. The molecule has 0 aliphatic carbocycles. The number of fused-ring (bicyclic) bond motifs is 1. The van der Waals surface area contributed by atoms with E-state index in [1.54, 1.807) is 48.5 Å². The fourth-order valence-corrected chi connectivity index (χ4v) is 4.85. The lowest BCUT2D eigenvalue weighted by molar-refractivity contribution is -0.117. The molecule has 3 aromatic carbocycles. The number of sulfonamides is 1. The first kappa shape index (κ1) is 20.1. The molecule has 1 amide bonds. The maximum absolute atomic E-state index is 14.0. The van der Waals surface area contributed by atoms with E-state index in [4.69, 9.17) is 0 Å². The second-order valence-electron chi connectivity index (χ2n) is 6.32. The summed E-state index contributed by atoms with van der Waals surface area (Å²) in [6.07, 6.45) is 0. The third kappa shape index (κ3) is 4.06. The predicted molar refractivity (Wildman–Crippen MR) is 112 cm³/mol. The zero-order valence-corrected chi connectivity index (χ0v) is 17.0. The largest absolute Gasteiger partial charge is 0.322 e. The average Bonchev–Trinajstić information content (AvgIpc) is 3.23. The van der Waals surface area contributed by atoms with E-state index < -0.39 is 27.8 Å². The average molecular weight is 442 g/mol. The summed E-state index contributed by atoms with van der Waals surface area (Å²) in [5.74, 6) is -1.35. The quantitative estimate of drug-likeness (QED) is 0.476. The van der Waals surface area contributed by atoms with E-state index in [1.807, 2.05) is 0 Å². The molecule has 7 nitrogen and oxygen atoms in total. The highest BCUT2D eigenvalue weighted by atomic mass is 32.2. The fraction of sp³-hybridized carbons (Fsp3) is 0.0500. The zero-order valence-electron chi connectivity index (χ0n) is 15.3. The molecule has 0 aliphatic rings. The standard InChI is InChI=1S/C20H15FN4O3S2/c21-14-9-4-5-10-15(14)22-20(26)18(13-7-2-1-3-8-13)25-30(27,28)17-12-6-11-16-19(17)24-29-23-16/h1-12,18,25H,(H,22,26)/t18-/m0/s1. The molecule has 0 spiro atoms. The summed E-state index contributed by atoms with van der Waals surface area (Å²) < 4.78 is 50.8. The summed E-state index contributed by atoms with van der Waals surface area (Å²) >= 11 is 0.895. The Morgan fingerprint density at radius 1 is 0.933 bits per heavy atom. The molecule has 2 N–H and O–H groups in total. The summed E-state index contributed by atoms with van der Waals surface area (Å²) in [6, 6.07) is 17.3. The summed E-state index contributed by atoms with van der Waals surface area (Å²) in [5, 5.41) is 2.45. The van der Waals surface area contributed by atoms with Gasteiger partial charge in [0, 0.05) is 0 Å². The molecule has 4 rings (SSSR count). The van der Waals surface area contributed by atoms with Gasteiger partial charge in [0.05, 0.1) is 17.4 Å². The number of nitrogens with zero attached hydrogens (tertiary/aromatic N) is 2. The number of carbonyl (C=O) groups excluding carboxylic acids is 1. The van der Waals surface area contributed by atoms with Crippen molar-refractivity contribution in [1.82, 2.24) is 13.5 Å². The van der Waals surface area contributed by atoms with Gasteiger partial charge in [-0.25, -0.2) is 12.8 Å². The molecule has 0 saturated carbocycles. The third-order valence-corrected chi connectivity index (χ3v) is 6.34. The monoisotopic (exact) mass is 442 g/mol. The number of rotatable bonds is 6. The number of aromatic nitrogens is 2. The van der Waals surface area contributed by atoms with Crippen molar-refractivity contribution in [2.24, 2.45) is 0 Å². The Kier molecular flexibility index (Phi) is 5.53. The zero-order chi connectivity index (χ0) is 21.1. The molecule has 30 heavy (non-hydrogen) atoms. The number of benzene rings is 3. The second-order valence-corrected chi connectivity index (χ2v) is 8.53. The van der Waals surface area contributed by atoms with Gasteiger partial charge in [-0.15, -0.1) is 0 Å². The van der Waals surface area contributed by atoms with Gasteiger partial charge in [-0.1, -0.05) is 48.5 Å².